The van der Waals surface area contributed by atoms with E-state index in [-0.39, 0.29) is 24.9 Å². The molecule has 0 aliphatic carbocycles. The van der Waals surface area contributed by atoms with Crippen LogP contribution in [0.3, 0.4) is 0 Å². The van der Waals surface area contributed by atoms with Crippen molar-refractivity contribution in [1.29, 1.82) is 0 Å². The fourth-order valence-electron chi connectivity index (χ4n) is 3.36. The first kappa shape index (κ1) is 19.1. The molecule has 1 atom stereocenters. The number of amides is 1. The summed E-state index contributed by atoms with van der Waals surface area (Å²) in [6.45, 7) is 7.78. The zero-order valence-corrected chi connectivity index (χ0v) is 16.3. The van der Waals surface area contributed by atoms with Crippen molar-refractivity contribution >= 4 is 11.6 Å². The molecule has 0 bridgehead atoms. The predicted molar refractivity (Wildman–Crippen MR) is 106 cm³/mol. The first-order valence-corrected chi connectivity index (χ1v) is 9.19. The fourth-order valence-corrected chi connectivity index (χ4v) is 3.36. The van der Waals surface area contributed by atoms with Gasteiger partial charge in [-0.25, -0.2) is 0 Å². The zero-order valence-electron chi connectivity index (χ0n) is 16.3. The van der Waals surface area contributed by atoms with Crippen LogP contribution in [0.2, 0.25) is 0 Å². The van der Waals surface area contributed by atoms with E-state index in [0.717, 1.165) is 16.1 Å². The maximum absolute atomic E-state index is 12.9. The van der Waals surface area contributed by atoms with Crippen molar-refractivity contribution in [1.82, 2.24) is 5.01 Å². The summed E-state index contributed by atoms with van der Waals surface area (Å²) in [6.07, 6.45) is 0.282. The molecule has 0 radical (unpaired) electrons. The van der Waals surface area contributed by atoms with Crippen molar-refractivity contribution < 1.29 is 14.6 Å². The Kier molecular flexibility index (Phi) is 5.33. The minimum atomic E-state index is -1.47. The molecule has 1 aliphatic heterocycles. The zero-order chi connectivity index (χ0) is 19.6. The van der Waals surface area contributed by atoms with E-state index < -0.39 is 5.72 Å². The van der Waals surface area contributed by atoms with Gasteiger partial charge in [-0.2, -0.15) is 10.1 Å². The number of rotatable bonds is 5. The summed E-state index contributed by atoms with van der Waals surface area (Å²) in [5.74, 6) is 0.597. The average Bonchev–Trinajstić information content (AvgIpc) is 2.96. The molecule has 0 fully saturated rings. The van der Waals surface area contributed by atoms with Crippen molar-refractivity contribution in [2.45, 2.75) is 45.8 Å². The molecule has 0 spiro atoms. The third-order valence-electron chi connectivity index (χ3n) is 4.74. The monoisotopic (exact) mass is 366 g/mol. The van der Waals surface area contributed by atoms with Gasteiger partial charge in [-0.15, -0.1) is 0 Å². The smallest absolute Gasteiger partial charge is 0.283 e. The van der Waals surface area contributed by atoms with Gasteiger partial charge in [0.1, 0.15) is 5.75 Å². The first-order chi connectivity index (χ1) is 12.8. The number of aryl methyl sites for hydroxylation is 1. The van der Waals surface area contributed by atoms with E-state index in [9.17, 15) is 9.90 Å². The Labute approximate surface area is 160 Å². The second-order valence-electron chi connectivity index (χ2n) is 7.38. The summed E-state index contributed by atoms with van der Waals surface area (Å²) < 4.78 is 5.85. The number of carbonyl (C=O) groups is 1. The van der Waals surface area contributed by atoms with E-state index in [1.165, 1.54) is 0 Å². The molecule has 27 heavy (non-hydrogen) atoms. The van der Waals surface area contributed by atoms with Gasteiger partial charge < -0.3 is 9.84 Å². The second-order valence-corrected chi connectivity index (χ2v) is 7.38. The minimum absolute atomic E-state index is 0.185. The van der Waals surface area contributed by atoms with Gasteiger partial charge in [0.25, 0.3) is 5.91 Å². The Hall–Kier alpha value is -2.66. The molecule has 2 aromatic carbocycles. The van der Waals surface area contributed by atoms with Gasteiger partial charge >= 0.3 is 0 Å². The molecule has 1 heterocycles. The average molecular weight is 366 g/mol. The van der Waals surface area contributed by atoms with E-state index in [4.69, 9.17) is 4.74 Å². The molecule has 3 rings (SSSR count). The third kappa shape index (κ3) is 3.88. The summed E-state index contributed by atoms with van der Waals surface area (Å²) in [7, 11) is 0. The molecule has 5 heteroatoms. The van der Waals surface area contributed by atoms with Crippen LogP contribution in [0.25, 0.3) is 0 Å². The van der Waals surface area contributed by atoms with Gasteiger partial charge in [0.05, 0.1) is 0 Å². The Morgan fingerprint density at radius 2 is 1.93 bits per heavy atom. The van der Waals surface area contributed by atoms with Crippen molar-refractivity contribution in [2.24, 2.45) is 5.10 Å². The van der Waals surface area contributed by atoms with Crippen LogP contribution in [-0.4, -0.2) is 28.3 Å². The quantitative estimate of drug-likeness (QED) is 0.871. The van der Waals surface area contributed by atoms with Crippen LogP contribution in [0.1, 0.15) is 49.8 Å². The number of hydrogen-bond donors (Lipinski definition) is 1. The maximum Gasteiger partial charge on any atom is 0.283 e. The van der Waals surface area contributed by atoms with Gasteiger partial charge in [-0.05, 0) is 37.0 Å². The molecule has 0 saturated carbocycles. The third-order valence-corrected chi connectivity index (χ3v) is 4.74. The van der Waals surface area contributed by atoms with E-state index in [1.54, 1.807) is 19.1 Å². The largest absolute Gasteiger partial charge is 0.483 e. The van der Waals surface area contributed by atoms with E-state index in [1.807, 2.05) is 43.3 Å². The highest BCUT2D eigenvalue weighted by molar-refractivity contribution is 5.89. The molecule has 0 unspecified atom stereocenters. The minimum Gasteiger partial charge on any atom is -0.483 e. The standard InChI is InChI=1S/C22H26N2O3/c1-15(2)19-11-10-16(3)12-20(19)27-14-21(25)24-22(26,13-17(4)23-24)18-8-6-5-7-9-18/h5-12,15,26H,13-14H2,1-4H3/t22-/m1/s1. The number of aliphatic hydroxyl groups is 1. The molecule has 1 aliphatic rings. The van der Waals surface area contributed by atoms with Crippen LogP contribution in [0.4, 0.5) is 0 Å². The Morgan fingerprint density at radius 1 is 1.22 bits per heavy atom. The highest BCUT2D eigenvalue weighted by atomic mass is 16.5. The summed E-state index contributed by atoms with van der Waals surface area (Å²) in [4.78, 5) is 12.9. The summed E-state index contributed by atoms with van der Waals surface area (Å²) >= 11 is 0. The van der Waals surface area contributed by atoms with Crippen LogP contribution >= 0.6 is 0 Å². The highest BCUT2D eigenvalue weighted by Crippen LogP contribution is 2.35. The summed E-state index contributed by atoms with van der Waals surface area (Å²) in [5, 5.41) is 16.6. The lowest BCUT2D eigenvalue weighted by Crippen LogP contribution is -2.45. The van der Waals surface area contributed by atoms with Gasteiger partial charge in [-0.3, -0.25) is 4.79 Å². The predicted octanol–water partition coefficient (Wildman–Crippen LogP) is 3.95. The molecule has 0 saturated heterocycles. The van der Waals surface area contributed by atoms with Crippen molar-refractivity contribution in [3.8, 4) is 5.75 Å². The van der Waals surface area contributed by atoms with Crippen LogP contribution in [0, 0.1) is 6.92 Å². The lowest BCUT2D eigenvalue weighted by atomic mass is 9.98. The summed E-state index contributed by atoms with van der Waals surface area (Å²) in [6, 6.07) is 15.1. The van der Waals surface area contributed by atoms with Gasteiger partial charge in [-0.1, -0.05) is 56.3 Å². The molecule has 142 valence electrons. The molecule has 1 amide bonds. The number of hydrogen-bond acceptors (Lipinski definition) is 4. The van der Waals surface area contributed by atoms with E-state index in [2.05, 4.69) is 18.9 Å². The number of carbonyl (C=O) groups excluding carboxylic acids is 1. The van der Waals surface area contributed by atoms with Crippen LogP contribution in [0.5, 0.6) is 5.75 Å². The van der Waals surface area contributed by atoms with E-state index in [0.29, 0.717) is 17.0 Å². The Morgan fingerprint density at radius 3 is 2.59 bits per heavy atom. The van der Waals surface area contributed by atoms with Crippen molar-refractivity contribution in [3.05, 3.63) is 65.2 Å². The maximum atomic E-state index is 12.9. The number of nitrogens with zero attached hydrogens (tertiary/aromatic N) is 2. The second kappa shape index (κ2) is 7.53. The van der Waals surface area contributed by atoms with Crippen molar-refractivity contribution in [2.75, 3.05) is 6.61 Å². The molecule has 5 nitrogen and oxygen atoms in total. The lowest BCUT2D eigenvalue weighted by Gasteiger charge is -2.31. The molecular formula is C22H26N2O3. The first-order valence-electron chi connectivity index (χ1n) is 9.19. The Bertz CT molecular complexity index is 861. The van der Waals surface area contributed by atoms with E-state index >= 15 is 0 Å². The molecule has 0 aromatic heterocycles. The van der Waals surface area contributed by atoms with Crippen molar-refractivity contribution in [3.63, 3.8) is 0 Å². The lowest BCUT2D eigenvalue weighted by molar-refractivity contribution is -0.159. The molecular weight excluding hydrogens is 340 g/mol. The van der Waals surface area contributed by atoms with Gasteiger partial charge in [0.2, 0.25) is 0 Å². The van der Waals surface area contributed by atoms with Gasteiger partial charge in [0.15, 0.2) is 12.3 Å². The molecule has 2 aromatic rings. The van der Waals surface area contributed by atoms with Crippen LogP contribution in [-0.2, 0) is 10.5 Å². The summed E-state index contributed by atoms with van der Waals surface area (Å²) in [5.41, 5.74) is 1.98. The number of benzene rings is 2. The number of ether oxygens (including phenoxy) is 1. The Balaban J connectivity index is 1.81. The normalized spacial score (nSPS) is 19.3. The number of hydrazone groups is 1. The van der Waals surface area contributed by atoms with Crippen LogP contribution in [0.15, 0.2) is 53.6 Å². The topological polar surface area (TPSA) is 62.1 Å². The highest BCUT2D eigenvalue weighted by Gasteiger charge is 2.44. The SMILES string of the molecule is CC1=NN(C(=O)COc2cc(C)ccc2C(C)C)[C@](O)(c2ccccc2)C1. The van der Waals surface area contributed by atoms with Gasteiger partial charge in [0, 0.05) is 17.7 Å². The fraction of sp³-hybridized carbons (Fsp3) is 0.364. The molecule has 1 N–H and O–H groups in total. The van der Waals surface area contributed by atoms with Crippen LogP contribution < -0.4 is 4.74 Å².